The van der Waals surface area contributed by atoms with E-state index in [2.05, 4.69) is 58.6 Å². The molecule has 2 rings (SSSR count). The fourth-order valence-corrected chi connectivity index (χ4v) is 3.49. The molecule has 2 atom stereocenters. The summed E-state index contributed by atoms with van der Waals surface area (Å²) in [6, 6.07) is 0.341. The number of aliphatic hydroxyl groups excluding tert-OH is 1. The first-order valence-electron chi connectivity index (χ1n) is 7.03. The average molecular weight is 249 g/mol. The van der Waals surface area contributed by atoms with Gasteiger partial charge in [-0.25, -0.2) is 0 Å². The molecule has 1 aliphatic heterocycles. The first kappa shape index (κ1) is 13.5. The lowest BCUT2D eigenvalue weighted by Gasteiger charge is -2.40. The van der Waals surface area contributed by atoms with Crippen LogP contribution in [0.1, 0.15) is 54.4 Å². The van der Waals surface area contributed by atoms with Crippen LogP contribution >= 0.6 is 0 Å². The lowest BCUT2D eigenvalue weighted by molar-refractivity contribution is 0.0855. The SMILES string of the molecule is CC(C)(C)C1=C(O)N(C(C)(C)C)C2C=CCCC12. The van der Waals surface area contributed by atoms with Crippen LogP contribution in [0, 0.1) is 11.3 Å². The monoisotopic (exact) mass is 249 g/mol. The molecule has 18 heavy (non-hydrogen) atoms. The Morgan fingerprint density at radius 1 is 1.17 bits per heavy atom. The molecule has 2 unspecified atom stereocenters. The third-order valence-corrected chi connectivity index (χ3v) is 4.06. The van der Waals surface area contributed by atoms with Crippen LogP contribution in [-0.2, 0) is 0 Å². The van der Waals surface area contributed by atoms with Gasteiger partial charge in [0.2, 0.25) is 0 Å². The molecule has 102 valence electrons. The van der Waals surface area contributed by atoms with E-state index < -0.39 is 0 Å². The standard InChI is InChI=1S/C16H27NO/c1-15(2,3)13-11-9-7-8-10-12(11)17(14(13)18)16(4,5)6/h8,10-12,18H,7,9H2,1-6H3. The first-order chi connectivity index (χ1) is 8.14. The largest absolute Gasteiger partial charge is 0.495 e. The molecule has 1 N–H and O–H groups in total. The molecule has 0 aromatic heterocycles. The molecule has 2 nitrogen and oxygen atoms in total. The minimum Gasteiger partial charge on any atom is -0.495 e. The van der Waals surface area contributed by atoms with E-state index in [0.717, 1.165) is 12.8 Å². The van der Waals surface area contributed by atoms with E-state index in [1.165, 1.54) is 5.57 Å². The summed E-state index contributed by atoms with van der Waals surface area (Å²) in [5.41, 5.74) is 1.24. The second-order valence-electron chi connectivity index (χ2n) is 7.63. The van der Waals surface area contributed by atoms with Gasteiger partial charge in [0.15, 0.2) is 5.88 Å². The Labute approximate surface area is 111 Å². The van der Waals surface area contributed by atoms with Crippen molar-refractivity contribution in [2.24, 2.45) is 11.3 Å². The van der Waals surface area contributed by atoms with Crippen LogP contribution in [0.2, 0.25) is 0 Å². The summed E-state index contributed by atoms with van der Waals surface area (Å²) < 4.78 is 0. The molecule has 0 amide bonds. The number of allylic oxidation sites excluding steroid dienone is 1. The van der Waals surface area contributed by atoms with E-state index in [-0.39, 0.29) is 11.0 Å². The number of aliphatic hydroxyl groups is 1. The first-order valence-corrected chi connectivity index (χ1v) is 7.03. The molecule has 0 aromatic carbocycles. The maximum Gasteiger partial charge on any atom is 0.187 e. The van der Waals surface area contributed by atoms with E-state index in [9.17, 15) is 5.11 Å². The fourth-order valence-electron chi connectivity index (χ4n) is 3.49. The molecule has 1 aliphatic carbocycles. The van der Waals surface area contributed by atoms with Gasteiger partial charge in [-0.2, -0.15) is 0 Å². The Bertz CT molecular complexity index is 392. The predicted molar refractivity (Wildman–Crippen MR) is 76.4 cm³/mol. The molecular formula is C16H27NO. The van der Waals surface area contributed by atoms with Gasteiger partial charge in [-0.15, -0.1) is 0 Å². The van der Waals surface area contributed by atoms with Crippen LogP contribution < -0.4 is 0 Å². The minimum absolute atomic E-state index is 0.0399. The van der Waals surface area contributed by atoms with Crippen molar-refractivity contribution in [2.75, 3.05) is 0 Å². The van der Waals surface area contributed by atoms with Crippen LogP contribution in [0.15, 0.2) is 23.6 Å². The smallest absolute Gasteiger partial charge is 0.187 e. The zero-order chi connectivity index (χ0) is 13.7. The van der Waals surface area contributed by atoms with Crippen LogP contribution in [0.4, 0.5) is 0 Å². The van der Waals surface area contributed by atoms with Gasteiger partial charge < -0.3 is 10.0 Å². The molecule has 0 saturated heterocycles. The van der Waals surface area contributed by atoms with E-state index in [4.69, 9.17) is 0 Å². The third kappa shape index (κ3) is 2.06. The van der Waals surface area contributed by atoms with Gasteiger partial charge >= 0.3 is 0 Å². The average Bonchev–Trinajstić information content (AvgIpc) is 2.47. The topological polar surface area (TPSA) is 23.5 Å². The predicted octanol–water partition coefficient (Wildman–Crippen LogP) is 4.25. The summed E-state index contributed by atoms with van der Waals surface area (Å²) in [4.78, 5) is 2.20. The molecule has 2 heteroatoms. The van der Waals surface area contributed by atoms with Gasteiger partial charge in [0.05, 0.1) is 6.04 Å². The molecule has 1 heterocycles. The highest BCUT2D eigenvalue weighted by atomic mass is 16.3. The van der Waals surface area contributed by atoms with E-state index >= 15 is 0 Å². The summed E-state index contributed by atoms with van der Waals surface area (Å²) in [7, 11) is 0. The highest BCUT2D eigenvalue weighted by Crippen LogP contribution is 2.48. The van der Waals surface area contributed by atoms with Crippen molar-refractivity contribution >= 4 is 0 Å². The van der Waals surface area contributed by atoms with Gasteiger partial charge in [0, 0.05) is 17.0 Å². The molecular weight excluding hydrogens is 222 g/mol. The van der Waals surface area contributed by atoms with E-state index in [1.54, 1.807) is 0 Å². The van der Waals surface area contributed by atoms with Crippen molar-refractivity contribution in [2.45, 2.75) is 66.0 Å². The summed E-state index contributed by atoms with van der Waals surface area (Å²) in [6.45, 7) is 13.2. The van der Waals surface area contributed by atoms with Crippen molar-refractivity contribution in [1.82, 2.24) is 4.90 Å². The Balaban J connectivity index is 2.51. The minimum atomic E-state index is -0.0400. The van der Waals surface area contributed by atoms with Crippen molar-refractivity contribution in [3.05, 3.63) is 23.6 Å². The van der Waals surface area contributed by atoms with Gasteiger partial charge in [0.1, 0.15) is 0 Å². The fraction of sp³-hybridized carbons (Fsp3) is 0.750. The Morgan fingerprint density at radius 3 is 2.28 bits per heavy atom. The Kier molecular flexibility index (Phi) is 3.03. The number of fused-ring (bicyclic) bond motifs is 1. The Morgan fingerprint density at radius 2 is 1.78 bits per heavy atom. The highest BCUT2D eigenvalue weighted by Gasteiger charge is 2.47. The summed E-state index contributed by atoms with van der Waals surface area (Å²) in [5.74, 6) is 1.01. The zero-order valence-corrected chi connectivity index (χ0v) is 12.6. The Hall–Kier alpha value is -0.920. The van der Waals surface area contributed by atoms with Crippen molar-refractivity contribution in [3.63, 3.8) is 0 Å². The van der Waals surface area contributed by atoms with E-state index in [1.807, 2.05) is 0 Å². The lowest BCUT2D eigenvalue weighted by Crippen LogP contribution is -2.46. The van der Waals surface area contributed by atoms with Gasteiger partial charge in [-0.3, -0.25) is 0 Å². The van der Waals surface area contributed by atoms with Crippen LogP contribution in [0.3, 0.4) is 0 Å². The molecule has 0 aromatic rings. The normalized spacial score (nSPS) is 28.9. The number of hydrogen-bond donors (Lipinski definition) is 1. The lowest BCUT2D eigenvalue weighted by atomic mass is 9.74. The highest BCUT2D eigenvalue weighted by molar-refractivity contribution is 5.32. The summed E-state index contributed by atoms with van der Waals surface area (Å²) >= 11 is 0. The molecule has 0 bridgehead atoms. The summed E-state index contributed by atoms with van der Waals surface area (Å²) in [5, 5.41) is 10.7. The molecule has 0 fully saturated rings. The second kappa shape index (κ2) is 4.04. The number of hydrogen-bond acceptors (Lipinski definition) is 2. The van der Waals surface area contributed by atoms with Crippen molar-refractivity contribution in [3.8, 4) is 0 Å². The van der Waals surface area contributed by atoms with Gasteiger partial charge in [-0.05, 0) is 39.0 Å². The molecule has 0 radical (unpaired) electrons. The quantitative estimate of drug-likeness (QED) is 0.649. The van der Waals surface area contributed by atoms with Crippen LogP contribution in [0.5, 0.6) is 0 Å². The molecule has 2 aliphatic rings. The second-order valence-corrected chi connectivity index (χ2v) is 7.63. The number of rotatable bonds is 0. The van der Waals surface area contributed by atoms with E-state index in [0.29, 0.717) is 17.8 Å². The van der Waals surface area contributed by atoms with Crippen LogP contribution in [0.25, 0.3) is 0 Å². The maximum atomic E-state index is 10.7. The molecule has 0 saturated carbocycles. The zero-order valence-electron chi connectivity index (χ0n) is 12.6. The van der Waals surface area contributed by atoms with Crippen molar-refractivity contribution < 1.29 is 5.11 Å². The van der Waals surface area contributed by atoms with Gasteiger partial charge in [0.25, 0.3) is 0 Å². The third-order valence-electron chi connectivity index (χ3n) is 4.06. The van der Waals surface area contributed by atoms with Crippen molar-refractivity contribution in [1.29, 1.82) is 0 Å². The maximum absolute atomic E-state index is 10.7. The molecule has 0 spiro atoms. The summed E-state index contributed by atoms with van der Waals surface area (Å²) in [6.07, 6.45) is 6.84. The number of nitrogens with zero attached hydrogens (tertiary/aromatic N) is 1. The van der Waals surface area contributed by atoms with Gasteiger partial charge in [-0.1, -0.05) is 32.9 Å². The van der Waals surface area contributed by atoms with Crippen LogP contribution in [-0.4, -0.2) is 21.6 Å².